The van der Waals surface area contributed by atoms with Gasteiger partial charge in [0.2, 0.25) is 5.91 Å². The average molecular weight is 238 g/mol. The summed E-state index contributed by atoms with van der Waals surface area (Å²) in [6.07, 6.45) is 3.26. The van der Waals surface area contributed by atoms with Crippen molar-refractivity contribution in [2.24, 2.45) is 0 Å². The van der Waals surface area contributed by atoms with Crippen molar-refractivity contribution in [3.63, 3.8) is 0 Å². The zero-order chi connectivity index (χ0) is 11.5. The second-order valence-corrected chi connectivity index (χ2v) is 5.05. The minimum Gasteiger partial charge on any atom is -0.325 e. The summed E-state index contributed by atoms with van der Waals surface area (Å²) in [7, 11) is 1.88. The number of hydrogen-bond donors (Lipinski definition) is 1. The smallest absolute Gasteiger partial charge is 0.241 e. The quantitative estimate of drug-likeness (QED) is 0.873. The summed E-state index contributed by atoms with van der Waals surface area (Å²) in [5.41, 5.74) is 1.19. The van der Waals surface area contributed by atoms with Gasteiger partial charge in [-0.05, 0) is 28.8 Å². The first-order chi connectivity index (χ1) is 7.74. The monoisotopic (exact) mass is 238 g/mol. The molecule has 0 spiro atoms. The van der Waals surface area contributed by atoms with Gasteiger partial charge in [-0.15, -0.1) is 0 Å². The Balaban J connectivity index is 2.05. The van der Waals surface area contributed by atoms with Gasteiger partial charge in [0, 0.05) is 7.05 Å². The van der Waals surface area contributed by atoms with Gasteiger partial charge in [0.1, 0.15) is 6.17 Å². The van der Waals surface area contributed by atoms with Crippen molar-refractivity contribution >= 4 is 17.2 Å². The van der Waals surface area contributed by atoms with Gasteiger partial charge in [0.25, 0.3) is 0 Å². The zero-order valence-corrected chi connectivity index (χ0v) is 10.6. The molecule has 0 radical (unpaired) electrons. The number of nitrogens with one attached hydrogen (secondary N) is 1. The van der Waals surface area contributed by atoms with Crippen LogP contribution in [0.3, 0.4) is 0 Å². The van der Waals surface area contributed by atoms with E-state index in [-0.39, 0.29) is 18.1 Å². The first-order valence-corrected chi connectivity index (χ1v) is 6.73. The standard InChI is InChI=1S/C12H18N2OS/c1-3-4-5-10-12(15)14(2)11(13-10)9-6-7-16-8-9/h6-8,10-11,13H,3-5H2,1-2H3. The van der Waals surface area contributed by atoms with Crippen molar-refractivity contribution in [3.8, 4) is 0 Å². The number of carbonyl (C=O) groups is 1. The lowest BCUT2D eigenvalue weighted by atomic mass is 10.1. The molecule has 1 amide bonds. The first-order valence-electron chi connectivity index (χ1n) is 5.79. The largest absolute Gasteiger partial charge is 0.325 e. The molecule has 0 aromatic carbocycles. The maximum Gasteiger partial charge on any atom is 0.241 e. The number of likely N-dealkylation sites (N-methyl/N-ethyl adjacent to an activating group) is 1. The van der Waals surface area contributed by atoms with Crippen LogP contribution in [0.5, 0.6) is 0 Å². The Morgan fingerprint density at radius 1 is 1.56 bits per heavy atom. The second-order valence-electron chi connectivity index (χ2n) is 4.27. The average Bonchev–Trinajstić information content (AvgIpc) is 2.88. The van der Waals surface area contributed by atoms with Crippen LogP contribution in [-0.4, -0.2) is 23.9 Å². The highest BCUT2D eigenvalue weighted by molar-refractivity contribution is 7.07. The van der Waals surface area contributed by atoms with Crippen molar-refractivity contribution in [3.05, 3.63) is 22.4 Å². The first kappa shape index (κ1) is 11.6. The van der Waals surface area contributed by atoms with Crippen molar-refractivity contribution in [1.82, 2.24) is 10.2 Å². The van der Waals surface area contributed by atoms with Gasteiger partial charge in [0.15, 0.2) is 0 Å². The fourth-order valence-electron chi connectivity index (χ4n) is 2.11. The van der Waals surface area contributed by atoms with Gasteiger partial charge in [-0.25, -0.2) is 0 Å². The molecule has 1 saturated heterocycles. The fraction of sp³-hybridized carbons (Fsp3) is 0.583. The molecule has 16 heavy (non-hydrogen) atoms. The van der Waals surface area contributed by atoms with Gasteiger partial charge >= 0.3 is 0 Å². The molecule has 4 heteroatoms. The van der Waals surface area contributed by atoms with Gasteiger partial charge in [-0.1, -0.05) is 19.8 Å². The lowest BCUT2D eigenvalue weighted by Gasteiger charge is -2.17. The number of rotatable bonds is 4. The van der Waals surface area contributed by atoms with E-state index in [9.17, 15) is 4.79 Å². The molecule has 1 aliphatic rings. The van der Waals surface area contributed by atoms with E-state index in [1.54, 1.807) is 11.3 Å². The molecule has 2 rings (SSSR count). The van der Waals surface area contributed by atoms with Crippen molar-refractivity contribution in [2.75, 3.05) is 7.05 Å². The van der Waals surface area contributed by atoms with Gasteiger partial charge < -0.3 is 4.90 Å². The summed E-state index contributed by atoms with van der Waals surface area (Å²) in [6, 6.07) is 2.09. The molecule has 1 aromatic rings. The van der Waals surface area contributed by atoms with Crippen LogP contribution in [-0.2, 0) is 4.79 Å². The van der Waals surface area contributed by atoms with Gasteiger partial charge in [0.05, 0.1) is 6.04 Å². The van der Waals surface area contributed by atoms with Crippen LogP contribution in [0.2, 0.25) is 0 Å². The number of thiophene rings is 1. The Bertz CT molecular complexity index is 350. The number of hydrogen-bond acceptors (Lipinski definition) is 3. The Hall–Kier alpha value is -0.870. The molecular formula is C12H18N2OS. The van der Waals surface area contributed by atoms with E-state index in [2.05, 4.69) is 29.1 Å². The zero-order valence-electron chi connectivity index (χ0n) is 9.77. The minimum atomic E-state index is 0.00912. The molecule has 0 bridgehead atoms. The molecule has 1 aliphatic heterocycles. The molecule has 0 aliphatic carbocycles. The lowest BCUT2D eigenvalue weighted by Crippen LogP contribution is -2.28. The van der Waals surface area contributed by atoms with E-state index < -0.39 is 0 Å². The molecule has 1 fully saturated rings. The predicted octanol–water partition coefficient (Wildman–Crippen LogP) is 2.37. The van der Waals surface area contributed by atoms with Crippen molar-refractivity contribution in [2.45, 2.75) is 38.4 Å². The molecule has 0 saturated carbocycles. The Labute approximate surface area is 100 Å². The summed E-state index contributed by atoms with van der Waals surface area (Å²) in [6.45, 7) is 2.15. The highest BCUT2D eigenvalue weighted by Gasteiger charge is 2.36. The summed E-state index contributed by atoms with van der Waals surface area (Å²) in [5.74, 6) is 0.227. The van der Waals surface area contributed by atoms with Gasteiger partial charge in [-0.2, -0.15) is 11.3 Å². The molecule has 2 unspecified atom stereocenters. The predicted molar refractivity (Wildman–Crippen MR) is 66.3 cm³/mol. The molecular weight excluding hydrogens is 220 g/mol. The van der Waals surface area contributed by atoms with Crippen LogP contribution in [0.15, 0.2) is 16.8 Å². The van der Waals surface area contributed by atoms with Crippen molar-refractivity contribution in [1.29, 1.82) is 0 Å². The normalized spacial score (nSPS) is 25.4. The van der Waals surface area contributed by atoms with Crippen LogP contribution >= 0.6 is 11.3 Å². The fourth-order valence-corrected chi connectivity index (χ4v) is 2.79. The Morgan fingerprint density at radius 2 is 2.38 bits per heavy atom. The van der Waals surface area contributed by atoms with Crippen LogP contribution in [0.25, 0.3) is 0 Å². The molecule has 2 atom stereocenters. The minimum absolute atomic E-state index is 0.00912. The number of amides is 1. The lowest BCUT2D eigenvalue weighted by molar-refractivity contribution is -0.128. The van der Waals surface area contributed by atoms with E-state index in [0.29, 0.717) is 0 Å². The number of unbranched alkanes of at least 4 members (excludes halogenated alkanes) is 1. The Kier molecular flexibility index (Phi) is 3.61. The number of carbonyl (C=O) groups excluding carboxylic acids is 1. The molecule has 1 N–H and O–H groups in total. The summed E-state index contributed by atoms with van der Waals surface area (Å²) in [4.78, 5) is 13.8. The molecule has 3 nitrogen and oxygen atoms in total. The van der Waals surface area contributed by atoms with E-state index in [1.165, 1.54) is 5.56 Å². The van der Waals surface area contributed by atoms with Crippen molar-refractivity contribution < 1.29 is 4.79 Å². The third-order valence-corrected chi connectivity index (χ3v) is 3.80. The molecule has 1 aromatic heterocycles. The van der Waals surface area contributed by atoms with Crippen LogP contribution in [0, 0.1) is 0 Å². The topological polar surface area (TPSA) is 32.3 Å². The van der Waals surface area contributed by atoms with Crippen LogP contribution in [0.1, 0.15) is 37.9 Å². The summed E-state index contributed by atoms with van der Waals surface area (Å²) < 4.78 is 0. The van der Waals surface area contributed by atoms with E-state index >= 15 is 0 Å². The van der Waals surface area contributed by atoms with E-state index in [1.807, 2.05) is 11.9 Å². The third-order valence-electron chi connectivity index (χ3n) is 3.10. The highest BCUT2D eigenvalue weighted by Crippen LogP contribution is 2.26. The van der Waals surface area contributed by atoms with Gasteiger partial charge in [-0.3, -0.25) is 10.1 Å². The number of nitrogens with zero attached hydrogens (tertiary/aromatic N) is 1. The van der Waals surface area contributed by atoms with Crippen LogP contribution < -0.4 is 5.32 Å². The highest BCUT2D eigenvalue weighted by atomic mass is 32.1. The Morgan fingerprint density at radius 3 is 3.00 bits per heavy atom. The SMILES string of the molecule is CCCCC1NC(c2ccsc2)N(C)C1=O. The third kappa shape index (κ3) is 2.13. The molecule has 2 heterocycles. The second kappa shape index (κ2) is 4.97. The van der Waals surface area contributed by atoms with Crippen LogP contribution in [0.4, 0.5) is 0 Å². The van der Waals surface area contributed by atoms with E-state index in [0.717, 1.165) is 19.3 Å². The summed E-state index contributed by atoms with van der Waals surface area (Å²) in [5, 5.41) is 7.56. The molecule has 88 valence electrons. The maximum absolute atomic E-state index is 12.0. The van der Waals surface area contributed by atoms with E-state index in [4.69, 9.17) is 0 Å². The maximum atomic E-state index is 12.0. The summed E-state index contributed by atoms with van der Waals surface area (Å²) >= 11 is 1.67.